The lowest BCUT2D eigenvalue weighted by molar-refractivity contribution is -0.117. The summed E-state index contributed by atoms with van der Waals surface area (Å²) in [6, 6.07) is 14.6. The van der Waals surface area contributed by atoms with Crippen LogP contribution in [0.1, 0.15) is 23.9 Å². The van der Waals surface area contributed by atoms with E-state index < -0.39 is 0 Å². The fourth-order valence-electron chi connectivity index (χ4n) is 2.78. The van der Waals surface area contributed by atoms with Gasteiger partial charge in [0.25, 0.3) is 0 Å². The Bertz CT molecular complexity index is 1020. The maximum absolute atomic E-state index is 12.5. The van der Waals surface area contributed by atoms with Gasteiger partial charge in [-0.1, -0.05) is 18.2 Å². The van der Waals surface area contributed by atoms with E-state index in [9.17, 15) is 4.79 Å². The summed E-state index contributed by atoms with van der Waals surface area (Å²) in [4.78, 5) is 12.5. The molecule has 1 aromatic carbocycles. The van der Waals surface area contributed by atoms with Gasteiger partial charge in [0.15, 0.2) is 18.1 Å². The number of fused-ring (bicyclic) bond motifs is 1. The van der Waals surface area contributed by atoms with Gasteiger partial charge in [-0.3, -0.25) is 9.20 Å². The molecule has 0 bridgehead atoms. The van der Waals surface area contributed by atoms with Crippen LogP contribution in [0.15, 0.2) is 54.7 Å². The second-order valence-corrected chi connectivity index (χ2v) is 7.16. The molecule has 0 aliphatic carbocycles. The molecule has 3 rings (SSSR count). The molecule has 1 atom stereocenters. The van der Waals surface area contributed by atoms with E-state index in [2.05, 4.69) is 15.5 Å². The van der Waals surface area contributed by atoms with Crippen molar-refractivity contribution in [1.29, 1.82) is 5.26 Å². The molecule has 1 unspecified atom stereocenters. The summed E-state index contributed by atoms with van der Waals surface area (Å²) in [6.45, 7) is 0.00629. The molecule has 1 N–H and O–H groups in total. The number of hydrogen-bond acceptors (Lipinski definition) is 6. The lowest BCUT2D eigenvalue weighted by Gasteiger charge is -2.16. The molecule has 0 aliphatic heterocycles. The van der Waals surface area contributed by atoms with Gasteiger partial charge in [-0.2, -0.15) is 17.0 Å². The molecule has 7 nitrogen and oxygen atoms in total. The number of benzene rings is 1. The van der Waals surface area contributed by atoms with Crippen molar-refractivity contribution in [3.05, 3.63) is 66.1 Å². The van der Waals surface area contributed by atoms with Crippen molar-refractivity contribution in [3.8, 4) is 11.8 Å². The Kier molecular flexibility index (Phi) is 7.25. The molecule has 0 radical (unpaired) electrons. The predicted molar refractivity (Wildman–Crippen MR) is 113 cm³/mol. The van der Waals surface area contributed by atoms with Gasteiger partial charge in [-0.15, -0.1) is 10.2 Å². The maximum atomic E-state index is 12.5. The third-order valence-corrected chi connectivity index (χ3v) is 4.83. The summed E-state index contributed by atoms with van der Waals surface area (Å²) >= 11 is 1.72. The topological polar surface area (TPSA) is 92.3 Å². The number of aromatic nitrogens is 3. The number of thioether (sulfide) groups is 1. The molecular weight excluding hydrogens is 386 g/mol. The largest absolute Gasteiger partial charge is 0.479 e. The van der Waals surface area contributed by atoms with Crippen LogP contribution in [0.25, 0.3) is 11.7 Å². The number of rotatable bonds is 9. The Labute approximate surface area is 173 Å². The first-order valence-electron chi connectivity index (χ1n) is 9.08. The normalized spacial score (nSPS) is 12.0. The number of nitrogens with zero attached hydrogens (tertiary/aromatic N) is 4. The van der Waals surface area contributed by atoms with E-state index in [1.54, 1.807) is 30.0 Å². The molecule has 0 saturated carbocycles. The van der Waals surface area contributed by atoms with Crippen LogP contribution >= 0.6 is 11.8 Å². The summed E-state index contributed by atoms with van der Waals surface area (Å²) < 4.78 is 7.12. The molecular formula is C21H21N5O2S. The fraction of sp³-hybridized carbons (Fsp3) is 0.238. The Hall–Kier alpha value is -3.31. The van der Waals surface area contributed by atoms with Crippen molar-refractivity contribution < 1.29 is 9.53 Å². The first-order valence-corrected chi connectivity index (χ1v) is 10.5. The highest BCUT2D eigenvalue weighted by Crippen LogP contribution is 2.18. The molecule has 3 aromatic rings. The standard InChI is InChI=1S/C21H21N5O2S/c1-29-15-11-18(21-25-24-19-4-2-3-13-26(19)21)23-20(27)10-7-16-5-8-17(9-6-16)28-14-12-22/h2-10,13,18H,11,14-15H2,1H3,(H,23,27)/b10-7+. The van der Waals surface area contributed by atoms with Gasteiger partial charge in [0.05, 0.1) is 6.04 Å². The van der Waals surface area contributed by atoms with Crippen molar-refractivity contribution in [1.82, 2.24) is 19.9 Å². The van der Waals surface area contributed by atoms with E-state index in [0.29, 0.717) is 5.75 Å². The minimum atomic E-state index is -0.237. The molecule has 0 spiro atoms. The number of ether oxygens (including phenoxy) is 1. The van der Waals surface area contributed by atoms with Gasteiger partial charge in [-0.05, 0) is 54.3 Å². The van der Waals surface area contributed by atoms with Gasteiger partial charge >= 0.3 is 0 Å². The lowest BCUT2D eigenvalue weighted by atomic mass is 10.2. The van der Waals surface area contributed by atoms with E-state index in [-0.39, 0.29) is 18.6 Å². The average Bonchev–Trinajstić information content (AvgIpc) is 3.18. The van der Waals surface area contributed by atoms with E-state index >= 15 is 0 Å². The molecule has 29 heavy (non-hydrogen) atoms. The zero-order chi connectivity index (χ0) is 20.5. The lowest BCUT2D eigenvalue weighted by Crippen LogP contribution is -2.29. The van der Waals surface area contributed by atoms with Crippen LogP contribution in [0.5, 0.6) is 5.75 Å². The van der Waals surface area contributed by atoms with Gasteiger partial charge in [-0.25, -0.2) is 0 Å². The Morgan fingerprint density at radius 1 is 1.31 bits per heavy atom. The second kappa shape index (κ2) is 10.3. The molecule has 1 amide bonds. The molecule has 0 fully saturated rings. The van der Waals surface area contributed by atoms with Crippen LogP contribution in [0.3, 0.4) is 0 Å². The minimum Gasteiger partial charge on any atom is -0.479 e. The number of nitriles is 1. The highest BCUT2D eigenvalue weighted by Gasteiger charge is 2.19. The number of pyridine rings is 1. The number of carbonyl (C=O) groups is 1. The van der Waals surface area contributed by atoms with Gasteiger partial charge in [0.2, 0.25) is 5.91 Å². The third kappa shape index (κ3) is 5.59. The third-order valence-electron chi connectivity index (χ3n) is 4.19. The van der Waals surface area contributed by atoms with Crippen LogP contribution in [-0.2, 0) is 4.79 Å². The van der Waals surface area contributed by atoms with E-state index in [4.69, 9.17) is 10.00 Å². The maximum Gasteiger partial charge on any atom is 0.244 e. The highest BCUT2D eigenvalue weighted by molar-refractivity contribution is 7.98. The summed E-state index contributed by atoms with van der Waals surface area (Å²) in [7, 11) is 0. The predicted octanol–water partition coefficient (Wildman–Crippen LogP) is 3.26. The van der Waals surface area contributed by atoms with E-state index in [1.807, 2.05) is 53.3 Å². The van der Waals surface area contributed by atoms with E-state index in [1.165, 1.54) is 6.08 Å². The van der Waals surface area contributed by atoms with Crippen molar-refractivity contribution in [3.63, 3.8) is 0 Å². The van der Waals surface area contributed by atoms with Gasteiger partial charge in [0, 0.05) is 12.3 Å². The van der Waals surface area contributed by atoms with Crippen molar-refractivity contribution in [2.75, 3.05) is 18.6 Å². The van der Waals surface area contributed by atoms with Crippen molar-refractivity contribution >= 4 is 29.4 Å². The van der Waals surface area contributed by atoms with Crippen LogP contribution in [-0.4, -0.2) is 39.1 Å². The Morgan fingerprint density at radius 3 is 2.90 bits per heavy atom. The fourth-order valence-corrected chi connectivity index (χ4v) is 3.25. The smallest absolute Gasteiger partial charge is 0.244 e. The summed E-state index contributed by atoms with van der Waals surface area (Å²) in [5.74, 6) is 2.02. The molecule has 2 heterocycles. The average molecular weight is 407 g/mol. The number of carbonyl (C=O) groups excluding carboxylic acids is 1. The quantitative estimate of drug-likeness (QED) is 0.548. The molecule has 148 valence electrons. The summed E-state index contributed by atoms with van der Waals surface area (Å²) in [5.41, 5.74) is 1.61. The zero-order valence-corrected chi connectivity index (χ0v) is 16.8. The second-order valence-electron chi connectivity index (χ2n) is 6.18. The monoisotopic (exact) mass is 407 g/mol. The number of amides is 1. The molecule has 2 aromatic heterocycles. The molecule has 0 saturated heterocycles. The van der Waals surface area contributed by atoms with Crippen molar-refractivity contribution in [2.45, 2.75) is 12.5 Å². The first-order chi connectivity index (χ1) is 14.2. The first kappa shape index (κ1) is 20.4. The van der Waals surface area contributed by atoms with Crippen LogP contribution in [0.2, 0.25) is 0 Å². The van der Waals surface area contributed by atoms with Gasteiger partial charge in [0.1, 0.15) is 11.8 Å². The zero-order valence-electron chi connectivity index (χ0n) is 16.0. The minimum absolute atomic E-state index is 0.00629. The van der Waals surface area contributed by atoms with Crippen molar-refractivity contribution in [2.24, 2.45) is 0 Å². The number of nitrogens with one attached hydrogen (secondary N) is 1. The van der Waals surface area contributed by atoms with E-state index in [0.717, 1.165) is 29.2 Å². The molecule has 8 heteroatoms. The van der Waals surface area contributed by atoms with Crippen LogP contribution in [0.4, 0.5) is 0 Å². The van der Waals surface area contributed by atoms with Crippen LogP contribution in [0, 0.1) is 11.3 Å². The van der Waals surface area contributed by atoms with Gasteiger partial charge < -0.3 is 10.1 Å². The highest BCUT2D eigenvalue weighted by atomic mass is 32.2. The Balaban J connectivity index is 1.68. The number of hydrogen-bond donors (Lipinski definition) is 1. The van der Waals surface area contributed by atoms with Crippen LogP contribution < -0.4 is 10.1 Å². The Morgan fingerprint density at radius 2 is 2.14 bits per heavy atom. The SMILES string of the molecule is CSCCC(NC(=O)/C=C/c1ccc(OCC#N)cc1)c1nnc2ccccn12. The summed E-state index contributed by atoms with van der Waals surface area (Å²) in [6.07, 6.45) is 7.91. The molecule has 0 aliphatic rings. The summed E-state index contributed by atoms with van der Waals surface area (Å²) in [5, 5.41) is 20.0.